The number of hydrogen-bond acceptors (Lipinski definition) is 3. The topological polar surface area (TPSA) is 62.7 Å². The fourth-order valence-electron chi connectivity index (χ4n) is 0.605. The van der Waals surface area contributed by atoms with Gasteiger partial charge in [0.15, 0.2) is 10.8 Å². The molecule has 1 rings (SSSR count). The van der Waals surface area contributed by atoms with E-state index in [1.165, 1.54) is 0 Å². The number of nitrogens with zero attached hydrogens (tertiary/aromatic N) is 2. The summed E-state index contributed by atoms with van der Waals surface area (Å²) < 4.78 is 0. The molecule has 1 aromatic heterocycles. The highest BCUT2D eigenvalue weighted by atomic mass is 35.5. The lowest BCUT2D eigenvalue weighted by Crippen LogP contribution is -1.95. The molecule has 3 nitrogen and oxygen atoms in total. The highest BCUT2D eigenvalue weighted by Crippen LogP contribution is 2.33. The van der Waals surface area contributed by atoms with E-state index in [0.717, 1.165) is 0 Å². The molecule has 6 heteroatoms. The number of halogens is 3. The van der Waals surface area contributed by atoms with Crippen LogP contribution >= 0.6 is 34.8 Å². The molecule has 1 heterocycles. The van der Waals surface area contributed by atoms with E-state index in [-0.39, 0.29) is 26.6 Å². The Labute approximate surface area is 83.7 Å². The number of hydrogen-bond donors (Lipinski definition) is 1. The molecule has 0 spiro atoms. The van der Waals surface area contributed by atoms with Gasteiger partial charge in [0.05, 0.1) is 5.69 Å². The fourth-order valence-corrected chi connectivity index (χ4v) is 1.16. The molecule has 0 amide bonds. The van der Waals surface area contributed by atoms with Crippen molar-refractivity contribution in [3.05, 3.63) is 20.9 Å². The van der Waals surface area contributed by atoms with Crippen LogP contribution in [0, 0.1) is 11.3 Å². The molecule has 0 aliphatic carbocycles. The summed E-state index contributed by atoms with van der Waals surface area (Å²) in [6.07, 6.45) is 0. The Hall–Kier alpha value is -0.690. The number of nitriles is 1. The number of anilines is 1. The van der Waals surface area contributed by atoms with E-state index in [4.69, 9.17) is 45.8 Å². The van der Waals surface area contributed by atoms with Crippen LogP contribution in [0.1, 0.15) is 5.69 Å². The van der Waals surface area contributed by atoms with Gasteiger partial charge in [-0.15, -0.1) is 0 Å². The van der Waals surface area contributed by atoms with Crippen LogP contribution in [0.25, 0.3) is 0 Å². The van der Waals surface area contributed by atoms with Crippen LogP contribution in [0.2, 0.25) is 15.2 Å². The molecule has 0 atom stereocenters. The van der Waals surface area contributed by atoms with Gasteiger partial charge in [-0.05, 0) is 0 Å². The van der Waals surface area contributed by atoms with Gasteiger partial charge >= 0.3 is 0 Å². The minimum Gasteiger partial charge on any atom is -0.396 e. The van der Waals surface area contributed by atoms with Crippen molar-refractivity contribution in [1.82, 2.24) is 4.98 Å². The van der Waals surface area contributed by atoms with Gasteiger partial charge in [-0.2, -0.15) is 5.26 Å². The Morgan fingerprint density at radius 2 is 1.83 bits per heavy atom. The quantitative estimate of drug-likeness (QED) is 0.686. The Bertz CT molecular complexity index is 369. The van der Waals surface area contributed by atoms with E-state index < -0.39 is 0 Å². The number of nitrogen functional groups attached to an aromatic ring is 1. The maximum absolute atomic E-state index is 8.50. The van der Waals surface area contributed by atoms with E-state index in [9.17, 15) is 0 Å². The van der Waals surface area contributed by atoms with Gasteiger partial charge in [0.1, 0.15) is 16.1 Å². The van der Waals surface area contributed by atoms with Crippen molar-refractivity contribution in [1.29, 1.82) is 5.26 Å². The minimum absolute atomic E-state index is 0.0184. The summed E-state index contributed by atoms with van der Waals surface area (Å²) in [5.74, 6) is 0. The highest BCUT2D eigenvalue weighted by molar-refractivity contribution is 6.45. The molecule has 0 aliphatic rings. The second-order valence-electron chi connectivity index (χ2n) is 1.90. The second-order valence-corrected chi connectivity index (χ2v) is 3.02. The molecular weight excluding hydrogens is 220 g/mol. The summed E-state index contributed by atoms with van der Waals surface area (Å²) >= 11 is 16.8. The summed E-state index contributed by atoms with van der Waals surface area (Å²) in [4.78, 5) is 3.61. The van der Waals surface area contributed by atoms with Crippen molar-refractivity contribution >= 4 is 40.5 Å². The summed E-state index contributed by atoms with van der Waals surface area (Å²) in [6.45, 7) is 0. The molecule has 1 aromatic rings. The zero-order valence-corrected chi connectivity index (χ0v) is 7.87. The van der Waals surface area contributed by atoms with Gasteiger partial charge in [-0.25, -0.2) is 4.98 Å². The van der Waals surface area contributed by atoms with Gasteiger partial charge in [0.25, 0.3) is 0 Å². The van der Waals surface area contributed by atoms with Crippen molar-refractivity contribution in [3.8, 4) is 6.07 Å². The third kappa shape index (κ3) is 1.42. The molecule has 0 saturated heterocycles. The predicted molar refractivity (Wildman–Crippen MR) is 48.4 cm³/mol. The minimum atomic E-state index is -0.0245. The van der Waals surface area contributed by atoms with E-state index in [1.54, 1.807) is 6.07 Å². The summed E-state index contributed by atoms with van der Waals surface area (Å²) in [6, 6.07) is 1.74. The molecule has 0 fully saturated rings. The Morgan fingerprint density at radius 1 is 1.25 bits per heavy atom. The molecule has 0 bridgehead atoms. The molecule has 0 aromatic carbocycles. The number of aromatic nitrogens is 1. The fraction of sp³-hybridized carbons (Fsp3) is 0. The van der Waals surface area contributed by atoms with Crippen molar-refractivity contribution < 1.29 is 0 Å². The first-order valence-corrected chi connectivity index (χ1v) is 3.91. The number of rotatable bonds is 0. The van der Waals surface area contributed by atoms with Gasteiger partial charge in [-0.3, -0.25) is 0 Å². The SMILES string of the molecule is N#Cc1nc(Cl)c(Cl)c(N)c1Cl. The van der Waals surface area contributed by atoms with Crippen LogP contribution in [-0.2, 0) is 0 Å². The zero-order chi connectivity index (χ0) is 9.30. The van der Waals surface area contributed by atoms with Gasteiger partial charge in [0.2, 0.25) is 0 Å². The maximum atomic E-state index is 8.50. The first-order chi connectivity index (χ1) is 5.57. The smallest absolute Gasteiger partial charge is 0.163 e. The Morgan fingerprint density at radius 3 is 2.33 bits per heavy atom. The lowest BCUT2D eigenvalue weighted by atomic mass is 10.3. The summed E-state index contributed by atoms with van der Waals surface area (Å²) in [5, 5.41) is 8.59. The zero-order valence-electron chi connectivity index (χ0n) is 5.61. The van der Waals surface area contributed by atoms with Crippen molar-refractivity contribution in [2.75, 3.05) is 5.73 Å². The van der Waals surface area contributed by atoms with E-state index >= 15 is 0 Å². The molecule has 0 aliphatic heterocycles. The van der Waals surface area contributed by atoms with Crippen molar-refractivity contribution in [3.63, 3.8) is 0 Å². The van der Waals surface area contributed by atoms with Gasteiger partial charge in [0, 0.05) is 0 Å². The van der Waals surface area contributed by atoms with Gasteiger partial charge in [-0.1, -0.05) is 34.8 Å². The van der Waals surface area contributed by atoms with Crippen LogP contribution in [0.15, 0.2) is 0 Å². The second kappa shape index (κ2) is 3.36. The lowest BCUT2D eigenvalue weighted by Gasteiger charge is -2.02. The maximum Gasteiger partial charge on any atom is 0.163 e. The third-order valence-corrected chi connectivity index (χ3v) is 2.31. The van der Waals surface area contributed by atoms with Crippen LogP contribution in [0.3, 0.4) is 0 Å². The Kier molecular flexibility index (Phi) is 2.63. The average molecular weight is 222 g/mol. The Balaban J connectivity index is 3.52. The summed E-state index contributed by atoms with van der Waals surface area (Å²) in [7, 11) is 0. The van der Waals surface area contributed by atoms with Crippen LogP contribution in [-0.4, -0.2) is 4.98 Å². The van der Waals surface area contributed by atoms with Gasteiger partial charge < -0.3 is 5.73 Å². The molecule has 0 radical (unpaired) electrons. The molecule has 62 valence electrons. The van der Waals surface area contributed by atoms with Crippen LogP contribution in [0.5, 0.6) is 0 Å². The van der Waals surface area contributed by atoms with E-state index in [2.05, 4.69) is 4.98 Å². The van der Waals surface area contributed by atoms with Crippen molar-refractivity contribution in [2.24, 2.45) is 0 Å². The van der Waals surface area contributed by atoms with E-state index in [0.29, 0.717) is 0 Å². The normalized spacial score (nSPS) is 9.50. The lowest BCUT2D eigenvalue weighted by molar-refractivity contribution is 1.27. The monoisotopic (exact) mass is 221 g/mol. The number of nitrogens with two attached hydrogens (primary N) is 1. The van der Waals surface area contributed by atoms with Crippen molar-refractivity contribution in [2.45, 2.75) is 0 Å². The molecule has 0 saturated carbocycles. The predicted octanol–water partition coefficient (Wildman–Crippen LogP) is 2.50. The standard InChI is InChI=1S/C6H2Cl3N3/c7-3-2(1-10)12-6(9)4(8)5(3)11/h(H2,11,12). The first-order valence-electron chi connectivity index (χ1n) is 2.78. The third-order valence-electron chi connectivity index (χ3n) is 1.18. The highest BCUT2D eigenvalue weighted by Gasteiger charge is 2.12. The molecule has 0 unspecified atom stereocenters. The molecular formula is C6H2Cl3N3. The van der Waals surface area contributed by atoms with E-state index in [1.807, 2.05) is 0 Å². The van der Waals surface area contributed by atoms with Crippen LogP contribution in [0.4, 0.5) is 5.69 Å². The van der Waals surface area contributed by atoms with Crippen LogP contribution < -0.4 is 5.73 Å². The average Bonchev–Trinajstić information content (AvgIpc) is 2.08. The summed E-state index contributed by atoms with van der Waals surface area (Å²) in [5.41, 5.74) is 5.47. The number of pyridine rings is 1. The first kappa shape index (κ1) is 9.40. The molecule has 12 heavy (non-hydrogen) atoms. The molecule has 2 N–H and O–H groups in total. The largest absolute Gasteiger partial charge is 0.396 e.